The average molecular weight is 369 g/mol. The summed E-state index contributed by atoms with van der Waals surface area (Å²) in [6.45, 7) is 1.17. The van der Waals surface area contributed by atoms with Crippen molar-refractivity contribution >= 4 is 22.6 Å². The molecule has 1 unspecified atom stereocenters. The van der Waals surface area contributed by atoms with E-state index in [-0.39, 0.29) is 6.04 Å². The summed E-state index contributed by atoms with van der Waals surface area (Å²) in [4.78, 5) is 23.9. The highest BCUT2D eigenvalue weighted by Crippen LogP contribution is 2.24. The SMILES string of the molecule is CC(NC(=O)COC(=O)c1c(F)cccc1F)c1cccc2ccccc12. The first-order chi connectivity index (χ1) is 13.0. The van der Waals surface area contributed by atoms with Crippen molar-refractivity contribution in [1.29, 1.82) is 0 Å². The molecule has 1 atom stereocenters. The van der Waals surface area contributed by atoms with Crippen molar-refractivity contribution in [2.75, 3.05) is 6.61 Å². The lowest BCUT2D eigenvalue weighted by Crippen LogP contribution is -2.31. The molecule has 6 heteroatoms. The number of hydrogen-bond acceptors (Lipinski definition) is 3. The van der Waals surface area contributed by atoms with Crippen LogP contribution in [0.1, 0.15) is 28.9 Å². The highest BCUT2D eigenvalue weighted by molar-refractivity contribution is 5.92. The third kappa shape index (κ3) is 4.11. The predicted octanol–water partition coefficient (Wildman–Crippen LogP) is 4.15. The van der Waals surface area contributed by atoms with Gasteiger partial charge in [0.15, 0.2) is 6.61 Å². The van der Waals surface area contributed by atoms with Crippen molar-refractivity contribution in [3.8, 4) is 0 Å². The molecule has 1 N–H and O–H groups in total. The zero-order valence-corrected chi connectivity index (χ0v) is 14.5. The van der Waals surface area contributed by atoms with Gasteiger partial charge in [-0.3, -0.25) is 4.79 Å². The summed E-state index contributed by atoms with van der Waals surface area (Å²) in [5.74, 6) is -3.87. The Bertz CT molecular complexity index is 978. The third-order valence-corrected chi connectivity index (χ3v) is 4.17. The van der Waals surface area contributed by atoms with Gasteiger partial charge in [-0.25, -0.2) is 13.6 Å². The molecule has 0 heterocycles. The van der Waals surface area contributed by atoms with Gasteiger partial charge in [-0.15, -0.1) is 0 Å². The number of benzene rings is 3. The Kier molecular flexibility index (Phi) is 5.45. The minimum atomic E-state index is -1.22. The highest BCUT2D eigenvalue weighted by Gasteiger charge is 2.20. The molecule has 27 heavy (non-hydrogen) atoms. The van der Waals surface area contributed by atoms with Crippen LogP contribution in [0.15, 0.2) is 60.7 Å². The van der Waals surface area contributed by atoms with Gasteiger partial charge in [0, 0.05) is 0 Å². The normalized spacial score (nSPS) is 11.8. The molecule has 0 radical (unpaired) electrons. The number of rotatable bonds is 5. The molecule has 0 saturated carbocycles. The summed E-state index contributed by atoms with van der Waals surface area (Å²) >= 11 is 0. The Morgan fingerprint density at radius 1 is 0.963 bits per heavy atom. The van der Waals surface area contributed by atoms with Gasteiger partial charge in [0.1, 0.15) is 17.2 Å². The zero-order chi connectivity index (χ0) is 19.4. The number of halogens is 2. The van der Waals surface area contributed by atoms with E-state index in [1.807, 2.05) is 42.5 Å². The van der Waals surface area contributed by atoms with Crippen LogP contribution in [-0.4, -0.2) is 18.5 Å². The molecule has 0 fully saturated rings. The lowest BCUT2D eigenvalue weighted by atomic mass is 10.00. The molecule has 0 bridgehead atoms. The number of ether oxygens (including phenoxy) is 1. The minimum Gasteiger partial charge on any atom is -0.452 e. The molecule has 0 saturated heterocycles. The standard InChI is InChI=1S/C21H17F2NO3/c1-13(15-9-4-7-14-6-2-3-8-16(14)15)24-19(25)12-27-21(26)20-17(22)10-5-11-18(20)23/h2-11,13H,12H2,1H3,(H,24,25). The van der Waals surface area contributed by atoms with Gasteiger partial charge < -0.3 is 10.1 Å². The lowest BCUT2D eigenvalue weighted by molar-refractivity contribution is -0.124. The lowest BCUT2D eigenvalue weighted by Gasteiger charge is -2.16. The maximum atomic E-state index is 13.6. The van der Waals surface area contributed by atoms with E-state index in [9.17, 15) is 18.4 Å². The molecule has 0 aromatic heterocycles. The Balaban J connectivity index is 1.64. The average Bonchev–Trinajstić information content (AvgIpc) is 2.65. The first-order valence-electron chi connectivity index (χ1n) is 8.35. The largest absolute Gasteiger partial charge is 0.452 e. The molecular formula is C21H17F2NO3. The summed E-state index contributed by atoms with van der Waals surface area (Å²) in [6.07, 6.45) is 0. The topological polar surface area (TPSA) is 55.4 Å². The van der Waals surface area contributed by atoms with E-state index < -0.39 is 35.7 Å². The van der Waals surface area contributed by atoms with Gasteiger partial charge in [0.25, 0.3) is 5.91 Å². The van der Waals surface area contributed by atoms with E-state index in [1.165, 1.54) is 0 Å². The molecule has 0 aliphatic carbocycles. The molecule has 1 amide bonds. The second-order valence-corrected chi connectivity index (χ2v) is 6.03. The third-order valence-electron chi connectivity index (χ3n) is 4.17. The first kappa shape index (κ1) is 18.5. The summed E-state index contributed by atoms with van der Waals surface area (Å²) < 4.78 is 31.9. The molecule has 0 aliphatic heterocycles. The van der Waals surface area contributed by atoms with Crippen LogP contribution in [0.2, 0.25) is 0 Å². The molecule has 0 aliphatic rings. The highest BCUT2D eigenvalue weighted by atomic mass is 19.1. The van der Waals surface area contributed by atoms with Crippen LogP contribution in [0.4, 0.5) is 8.78 Å². The molecule has 3 rings (SSSR count). The van der Waals surface area contributed by atoms with Crippen molar-refractivity contribution < 1.29 is 23.1 Å². The summed E-state index contributed by atoms with van der Waals surface area (Å²) in [5.41, 5.74) is 0.0975. The summed E-state index contributed by atoms with van der Waals surface area (Å²) in [7, 11) is 0. The number of esters is 1. The summed E-state index contributed by atoms with van der Waals surface area (Å²) in [6, 6.07) is 16.2. The van der Waals surface area contributed by atoms with Crippen molar-refractivity contribution in [2.24, 2.45) is 0 Å². The van der Waals surface area contributed by atoms with Crippen LogP contribution < -0.4 is 5.32 Å². The fraction of sp³-hybridized carbons (Fsp3) is 0.143. The van der Waals surface area contributed by atoms with Crippen LogP contribution in [0, 0.1) is 11.6 Å². The number of amides is 1. The van der Waals surface area contributed by atoms with Crippen molar-refractivity contribution in [3.05, 3.63) is 83.4 Å². The van der Waals surface area contributed by atoms with Crippen molar-refractivity contribution in [1.82, 2.24) is 5.32 Å². The number of carbonyl (C=O) groups excluding carboxylic acids is 2. The number of carbonyl (C=O) groups is 2. The van der Waals surface area contributed by atoms with Crippen LogP contribution in [0.3, 0.4) is 0 Å². The zero-order valence-electron chi connectivity index (χ0n) is 14.5. The molecule has 138 valence electrons. The Morgan fingerprint density at radius 2 is 1.59 bits per heavy atom. The van der Waals surface area contributed by atoms with Gasteiger partial charge in [0.05, 0.1) is 6.04 Å². The number of fused-ring (bicyclic) bond motifs is 1. The van der Waals surface area contributed by atoms with Gasteiger partial charge >= 0.3 is 5.97 Å². The van der Waals surface area contributed by atoms with Crippen LogP contribution in [0.25, 0.3) is 10.8 Å². The number of hydrogen-bond donors (Lipinski definition) is 1. The van der Waals surface area contributed by atoms with Gasteiger partial charge in [-0.1, -0.05) is 48.5 Å². The fourth-order valence-electron chi connectivity index (χ4n) is 2.89. The fourth-order valence-corrected chi connectivity index (χ4v) is 2.89. The Morgan fingerprint density at radius 3 is 2.33 bits per heavy atom. The molecule has 3 aromatic carbocycles. The van der Waals surface area contributed by atoms with E-state index >= 15 is 0 Å². The van der Waals surface area contributed by atoms with Crippen molar-refractivity contribution in [2.45, 2.75) is 13.0 Å². The first-order valence-corrected chi connectivity index (χ1v) is 8.35. The molecule has 4 nitrogen and oxygen atoms in total. The molecule has 0 spiro atoms. The number of nitrogens with one attached hydrogen (secondary N) is 1. The molecular weight excluding hydrogens is 352 g/mol. The van der Waals surface area contributed by atoms with Crippen LogP contribution >= 0.6 is 0 Å². The smallest absolute Gasteiger partial charge is 0.344 e. The molecule has 3 aromatic rings. The van der Waals surface area contributed by atoms with Crippen LogP contribution in [0.5, 0.6) is 0 Å². The van der Waals surface area contributed by atoms with Crippen molar-refractivity contribution in [3.63, 3.8) is 0 Å². The monoisotopic (exact) mass is 369 g/mol. The summed E-state index contributed by atoms with van der Waals surface area (Å²) in [5, 5.41) is 4.76. The second-order valence-electron chi connectivity index (χ2n) is 6.03. The Hall–Kier alpha value is -3.28. The van der Waals surface area contributed by atoms with Crippen LogP contribution in [-0.2, 0) is 9.53 Å². The van der Waals surface area contributed by atoms with E-state index in [1.54, 1.807) is 6.92 Å². The van der Waals surface area contributed by atoms with E-state index in [4.69, 9.17) is 4.74 Å². The maximum Gasteiger partial charge on any atom is 0.344 e. The quantitative estimate of drug-likeness (QED) is 0.688. The minimum absolute atomic E-state index is 0.340. The maximum absolute atomic E-state index is 13.6. The van der Waals surface area contributed by atoms with Gasteiger partial charge in [-0.2, -0.15) is 0 Å². The second kappa shape index (κ2) is 7.95. The van der Waals surface area contributed by atoms with E-state index in [0.29, 0.717) is 0 Å². The van der Waals surface area contributed by atoms with E-state index in [2.05, 4.69) is 5.32 Å². The predicted molar refractivity (Wildman–Crippen MR) is 97.1 cm³/mol. The van der Waals surface area contributed by atoms with Gasteiger partial charge in [-0.05, 0) is 35.4 Å². The van der Waals surface area contributed by atoms with E-state index in [0.717, 1.165) is 34.5 Å². The van der Waals surface area contributed by atoms with Gasteiger partial charge in [0.2, 0.25) is 0 Å². The Labute approximate surface area is 154 Å².